The highest BCUT2D eigenvalue weighted by atomic mass is 16.5. The van der Waals surface area contributed by atoms with Gasteiger partial charge in [0.15, 0.2) is 11.4 Å². The largest absolute Gasteiger partial charge is 0.477 e. The molecule has 0 radical (unpaired) electrons. The highest BCUT2D eigenvalue weighted by molar-refractivity contribution is 6.13. The molecule has 2 rings (SSSR count). The molecule has 8 nitrogen and oxygen atoms in total. The van der Waals surface area contributed by atoms with Crippen molar-refractivity contribution in [2.75, 3.05) is 0 Å². The Labute approximate surface area is 131 Å². The minimum absolute atomic E-state index is 0.0762. The van der Waals surface area contributed by atoms with Crippen LogP contribution in [0, 0.1) is 13.8 Å². The van der Waals surface area contributed by atoms with Gasteiger partial charge in [0.2, 0.25) is 5.88 Å². The average molecular weight is 314 g/mol. The zero-order chi connectivity index (χ0) is 17.0. The molecule has 0 bridgehead atoms. The summed E-state index contributed by atoms with van der Waals surface area (Å²) in [6.07, 6.45) is 2.07. The van der Waals surface area contributed by atoms with Crippen LogP contribution in [-0.2, 0) is 9.59 Å². The molecule has 0 atom stereocenters. The van der Waals surface area contributed by atoms with Gasteiger partial charge in [0.1, 0.15) is 0 Å². The van der Waals surface area contributed by atoms with E-state index in [0.29, 0.717) is 17.6 Å². The van der Waals surface area contributed by atoms with Gasteiger partial charge in [0.05, 0.1) is 0 Å². The molecule has 3 N–H and O–H groups in total. The quantitative estimate of drug-likeness (QED) is 0.370. The highest BCUT2D eigenvalue weighted by Gasteiger charge is 2.20. The number of aromatic nitrogens is 3. The zero-order valence-corrected chi connectivity index (χ0v) is 12.5. The minimum Gasteiger partial charge on any atom is -0.477 e. The molecule has 0 aromatic carbocycles. The van der Waals surface area contributed by atoms with E-state index in [1.54, 1.807) is 12.1 Å². The number of carboxylic acid groups (broad SMARTS) is 1. The normalized spacial score (nSPS) is 11.1. The molecule has 0 amide bonds. The lowest BCUT2D eigenvalue weighted by Crippen LogP contribution is -2.19. The predicted octanol–water partition coefficient (Wildman–Crippen LogP) is 0.988. The van der Waals surface area contributed by atoms with Crippen molar-refractivity contribution >= 4 is 11.9 Å². The van der Waals surface area contributed by atoms with Crippen LogP contribution < -0.4 is 10.5 Å². The van der Waals surface area contributed by atoms with Crippen LogP contribution in [0.2, 0.25) is 0 Å². The number of ether oxygens (including phenoxy) is 1. The van der Waals surface area contributed by atoms with E-state index in [1.807, 2.05) is 13.8 Å². The molecule has 0 aliphatic carbocycles. The maximum absolute atomic E-state index is 11.7. The van der Waals surface area contributed by atoms with Gasteiger partial charge in [-0.25, -0.2) is 14.6 Å². The van der Waals surface area contributed by atoms with Crippen molar-refractivity contribution in [2.45, 2.75) is 13.8 Å². The molecule has 0 spiro atoms. The summed E-state index contributed by atoms with van der Waals surface area (Å²) in [5.74, 6) is -2.33. The lowest BCUT2D eigenvalue weighted by molar-refractivity contribution is -0.139. The molecular formula is C15H14N4O4. The number of hydrogen-bond donors (Lipinski definition) is 2. The Morgan fingerprint density at radius 3 is 2.43 bits per heavy atom. The van der Waals surface area contributed by atoms with Gasteiger partial charge < -0.3 is 15.6 Å². The summed E-state index contributed by atoms with van der Waals surface area (Å²) in [7, 11) is 0. The van der Waals surface area contributed by atoms with Crippen LogP contribution in [-0.4, -0.2) is 32.0 Å². The summed E-state index contributed by atoms with van der Waals surface area (Å²) in [6, 6.07) is 4.92. The van der Waals surface area contributed by atoms with Gasteiger partial charge in [-0.05, 0) is 26.0 Å². The van der Waals surface area contributed by atoms with E-state index in [0.717, 1.165) is 11.4 Å². The van der Waals surface area contributed by atoms with Crippen LogP contribution in [0.25, 0.3) is 11.4 Å². The molecule has 118 valence electrons. The maximum atomic E-state index is 11.7. The van der Waals surface area contributed by atoms with E-state index in [2.05, 4.69) is 15.0 Å². The number of carbonyl (C=O) groups excluding carboxylic acids is 1. The number of esters is 1. The minimum atomic E-state index is -1.48. The number of carboxylic acids is 1. The van der Waals surface area contributed by atoms with Crippen molar-refractivity contribution in [1.82, 2.24) is 15.0 Å². The highest BCUT2D eigenvalue weighted by Crippen LogP contribution is 2.19. The monoisotopic (exact) mass is 314 g/mol. The smallest absolute Gasteiger partial charge is 0.353 e. The van der Waals surface area contributed by atoms with E-state index in [-0.39, 0.29) is 5.88 Å². The Kier molecular flexibility index (Phi) is 4.65. The van der Waals surface area contributed by atoms with Crippen molar-refractivity contribution in [3.8, 4) is 17.3 Å². The van der Waals surface area contributed by atoms with E-state index in [9.17, 15) is 9.59 Å². The number of hydrogen-bond acceptors (Lipinski definition) is 7. The van der Waals surface area contributed by atoms with E-state index < -0.39 is 17.5 Å². The molecule has 0 aliphatic rings. The van der Waals surface area contributed by atoms with Gasteiger partial charge in [0.25, 0.3) is 0 Å². The van der Waals surface area contributed by atoms with Crippen LogP contribution in [0.4, 0.5) is 0 Å². The Balaban J connectivity index is 2.30. The van der Waals surface area contributed by atoms with E-state index in [1.165, 1.54) is 12.3 Å². The van der Waals surface area contributed by atoms with Crippen LogP contribution in [0.3, 0.4) is 0 Å². The van der Waals surface area contributed by atoms with Crippen LogP contribution >= 0.6 is 0 Å². The Morgan fingerprint density at radius 1 is 1.22 bits per heavy atom. The molecule has 0 unspecified atom stereocenters. The lowest BCUT2D eigenvalue weighted by Gasteiger charge is -2.06. The summed E-state index contributed by atoms with van der Waals surface area (Å²) >= 11 is 0. The first-order valence-corrected chi connectivity index (χ1v) is 6.57. The molecule has 2 aromatic rings. The number of aryl methyl sites for hydroxylation is 2. The number of pyridine rings is 1. The van der Waals surface area contributed by atoms with Gasteiger partial charge in [-0.3, -0.25) is 4.98 Å². The van der Waals surface area contributed by atoms with Gasteiger partial charge in [-0.1, -0.05) is 0 Å². The lowest BCUT2D eigenvalue weighted by atomic mass is 10.2. The van der Waals surface area contributed by atoms with Gasteiger partial charge in [-0.2, -0.15) is 4.98 Å². The van der Waals surface area contributed by atoms with E-state index in [4.69, 9.17) is 15.6 Å². The molecule has 0 aliphatic heterocycles. The third-order valence-corrected chi connectivity index (χ3v) is 2.78. The number of aliphatic carboxylic acids is 1. The number of nitrogens with zero attached hydrogens (tertiary/aromatic N) is 3. The second-order valence-corrected chi connectivity index (χ2v) is 4.63. The fraction of sp³-hybridized carbons (Fsp3) is 0.133. The second kappa shape index (κ2) is 6.65. The first-order valence-electron chi connectivity index (χ1n) is 6.57. The van der Waals surface area contributed by atoms with Crippen molar-refractivity contribution in [2.24, 2.45) is 5.73 Å². The average Bonchev–Trinajstić information content (AvgIpc) is 2.46. The molecule has 2 aromatic heterocycles. The maximum Gasteiger partial charge on any atom is 0.353 e. The Morgan fingerprint density at radius 2 is 1.87 bits per heavy atom. The molecule has 2 heterocycles. The summed E-state index contributed by atoms with van der Waals surface area (Å²) < 4.78 is 4.92. The summed E-state index contributed by atoms with van der Waals surface area (Å²) in [5, 5.41) is 8.83. The van der Waals surface area contributed by atoms with Crippen LogP contribution in [0.15, 0.2) is 36.2 Å². The van der Waals surface area contributed by atoms with Crippen LogP contribution in [0.1, 0.15) is 11.4 Å². The summed E-state index contributed by atoms with van der Waals surface area (Å²) in [5.41, 5.74) is 6.72. The first kappa shape index (κ1) is 16.1. The molecule has 0 saturated heterocycles. The van der Waals surface area contributed by atoms with Crippen molar-refractivity contribution in [3.63, 3.8) is 0 Å². The SMILES string of the molecule is Cc1cc(-c2nccc(OC(=O)C(=CN)C(=O)O)n2)cc(C)n1. The summed E-state index contributed by atoms with van der Waals surface area (Å²) in [6.45, 7) is 3.68. The molecule has 23 heavy (non-hydrogen) atoms. The third kappa shape index (κ3) is 3.88. The summed E-state index contributed by atoms with van der Waals surface area (Å²) in [4.78, 5) is 35.0. The Hall–Kier alpha value is -3.29. The molecule has 0 saturated carbocycles. The number of carbonyl (C=O) groups is 2. The topological polar surface area (TPSA) is 128 Å². The van der Waals surface area contributed by atoms with E-state index >= 15 is 0 Å². The van der Waals surface area contributed by atoms with Gasteiger partial charge >= 0.3 is 11.9 Å². The number of rotatable bonds is 4. The van der Waals surface area contributed by atoms with Gasteiger partial charge in [-0.15, -0.1) is 0 Å². The van der Waals surface area contributed by atoms with Crippen molar-refractivity contribution in [1.29, 1.82) is 0 Å². The molecule has 0 fully saturated rings. The van der Waals surface area contributed by atoms with Gasteiger partial charge in [0, 0.05) is 35.4 Å². The molecule has 8 heteroatoms. The zero-order valence-electron chi connectivity index (χ0n) is 12.5. The first-order chi connectivity index (χ1) is 10.9. The standard InChI is InChI=1S/C15H14N4O4/c1-8-5-10(6-9(2)18-8)13-17-4-3-12(19-13)23-15(22)11(7-16)14(20)21/h3-7H,16H2,1-2H3,(H,20,21). The second-order valence-electron chi connectivity index (χ2n) is 4.63. The third-order valence-electron chi connectivity index (χ3n) is 2.78. The fourth-order valence-corrected chi connectivity index (χ4v) is 1.88. The van der Waals surface area contributed by atoms with Crippen molar-refractivity contribution < 1.29 is 19.4 Å². The van der Waals surface area contributed by atoms with Crippen LogP contribution in [0.5, 0.6) is 5.88 Å². The fourth-order valence-electron chi connectivity index (χ4n) is 1.88. The predicted molar refractivity (Wildman–Crippen MR) is 80.3 cm³/mol. The molecular weight excluding hydrogens is 300 g/mol. The van der Waals surface area contributed by atoms with Crippen molar-refractivity contribution in [3.05, 3.63) is 47.6 Å². The Bertz CT molecular complexity index is 782. The number of nitrogens with two attached hydrogens (primary N) is 1.